The molecule has 0 atom stereocenters. The summed E-state index contributed by atoms with van der Waals surface area (Å²) in [6.07, 6.45) is 5.00. The number of piperidine rings is 1. The third-order valence-corrected chi connectivity index (χ3v) is 6.13. The molecule has 0 radical (unpaired) electrons. The highest BCUT2D eigenvalue weighted by molar-refractivity contribution is 6.07. The van der Waals surface area contributed by atoms with Crippen molar-refractivity contribution >= 4 is 17.8 Å². The van der Waals surface area contributed by atoms with Crippen LogP contribution in [0.5, 0.6) is 0 Å². The number of hydrogen-bond donors (Lipinski definition) is 1. The summed E-state index contributed by atoms with van der Waals surface area (Å²) in [7, 11) is 0. The Balaban J connectivity index is 1.49. The van der Waals surface area contributed by atoms with Crippen molar-refractivity contribution in [1.82, 2.24) is 29.9 Å². The second kappa shape index (κ2) is 7.18. The minimum atomic E-state index is -0.833. The predicted octanol–water partition coefficient (Wildman–Crippen LogP) is 1.19. The van der Waals surface area contributed by atoms with Gasteiger partial charge < -0.3 is 14.4 Å². The van der Waals surface area contributed by atoms with Crippen LogP contribution in [0.4, 0.5) is 4.79 Å². The zero-order valence-corrected chi connectivity index (χ0v) is 16.6. The molecule has 0 unspecified atom stereocenters. The lowest BCUT2D eigenvalue weighted by atomic mass is 9.85. The smallest absolute Gasteiger partial charge is 0.325 e. The fraction of sp³-hybridized carbons (Fsp3) is 0.737. The molecule has 9 nitrogen and oxygen atoms in total. The molecule has 1 spiro atoms. The Morgan fingerprint density at radius 3 is 2.57 bits per heavy atom. The molecular weight excluding hydrogens is 360 g/mol. The van der Waals surface area contributed by atoms with Gasteiger partial charge in [-0.15, -0.1) is 10.2 Å². The van der Waals surface area contributed by atoms with E-state index in [1.807, 2.05) is 18.4 Å². The van der Waals surface area contributed by atoms with Crippen LogP contribution < -0.4 is 5.32 Å². The zero-order chi connectivity index (χ0) is 19.9. The van der Waals surface area contributed by atoms with Crippen LogP contribution in [0.3, 0.4) is 0 Å². The van der Waals surface area contributed by atoms with E-state index in [1.54, 1.807) is 9.80 Å². The maximum atomic E-state index is 13.1. The number of likely N-dealkylation sites (tertiary alicyclic amines) is 1. The van der Waals surface area contributed by atoms with Gasteiger partial charge in [-0.1, -0.05) is 20.3 Å². The van der Waals surface area contributed by atoms with Crippen molar-refractivity contribution in [1.29, 1.82) is 0 Å². The lowest BCUT2D eigenvalue weighted by Crippen LogP contribution is -2.58. The molecule has 1 aromatic heterocycles. The van der Waals surface area contributed by atoms with E-state index in [-0.39, 0.29) is 23.8 Å². The molecule has 2 saturated heterocycles. The molecule has 1 N–H and O–H groups in total. The fourth-order valence-electron chi connectivity index (χ4n) is 4.58. The lowest BCUT2D eigenvalue weighted by Gasteiger charge is -2.42. The lowest BCUT2D eigenvalue weighted by molar-refractivity contribution is -0.129. The molecule has 3 aliphatic rings. The molecule has 0 aromatic carbocycles. The number of carbonyl (C=O) groups is 3. The van der Waals surface area contributed by atoms with Gasteiger partial charge in [0.25, 0.3) is 11.8 Å². The highest BCUT2D eigenvalue weighted by Crippen LogP contribution is 2.34. The number of aryl methyl sites for hydroxylation is 1. The van der Waals surface area contributed by atoms with E-state index in [0.717, 1.165) is 38.1 Å². The van der Waals surface area contributed by atoms with Crippen molar-refractivity contribution in [2.45, 2.75) is 64.5 Å². The molecule has 0 saturated carbocycles. The molecule has 9 heteroatoms. The quantitative estimate of drug-likeness (QED) is 0.784. The number of fused-ring (bicyclic) bond motifs is 1. The third kappa shape index (κ3) is 3.06. The molecule has 4 heterocycles. The van der Waals surface area contributed by atoms with Gasteiger partial charge in [0.2, 0.25) is 5.82 Å². The number of nitrogens with one attached hydrogen (secondary N) is 1. The Kier molecular flexibility index (Phi) is 4.84. The van der Waals surface area contributed by atoms with E-state index in [2.05, 4.69) is 15.5 Å². The normalized spacial score (nSPS) is 21.8. The molecule has 0 bridgehead atoms. The Morgan fingerprint density at radius 1 is 1.11 bits per heavy atom. The number of carbonyl (C=O) groups excluding carboxylic acids is 3. The van der Waals surface area contributed by atoms with E-state index < -0.39 is 5.54 Å². The van der Waals surface area contributed by atoms with Crippen molar-refractivity contribution < 1.29 is 14.4 Å². The Hall–Kier alpha value is -2.45. The number of rotatable bonds is 3. The summed E-state index contributed by atoms with van der Waals surface area (Å²) in [4.78, 5) is 41.4. The first-order chi connectivity index (χ1) is 13.4. The number of amides is 4. The first-order valence-electron chi connectivity index (χ1n) is 10.3. The first-order valence-corrected chi connectivity index (χ1v) is 10.3. The van der Waals surface area contributed by atoms with Gasteiger partial charge >= 0.3 is 6.03 Å². The average molecular weight is 388 g/mol. The summed E-state index contributed by atoms with van der Waals surface area (Å²) in [6, 6.07) is -0.318. The Labute approximate surface area is 164 Å². The number of imide groups is 1. The summed E-state index contributed by atoms with van der Waals surface area (Å²) < 4.78 is 1.95. The predicted molar refractivity (Wildman–Crippen MR) is 101 cm³/mol. The van der Waals surface area contributed by atoms with Crippen LogP contribution in [0, 0.1) is 5.92 Å². The van der Waals surface area contributed by atoms with Gasteiger partial charge in [-0.25, -0.2) is 4.79 Å². The van der Waals surface area contributed by atoms with E-state index in [4.69, 9.17) is 0 Å². The standard InChI is InChI=1S/C19H28N6O3/c1-13(2)12-25-18(28)20-17(27)19(25)7-10-23(11-8-19)16(26)15-22-21-14-6-4-3-5-9-24(14)15/h13H,3-12H2,1-2H3,(H,20,27,28). The van der Waals surface area contributed by atoms with E-state index >= 15 is 0 Å². The summed E-state index contributed by atoms with van der Waals surface area (Å²) in [5.74, 6) is 1.19. The molecule has 1 aromatic rings. The Morgan fingerprint density at radius 2 is 1.86 bits per heavy atom. The van der Waals surface area contributed by atoms with Crippen molar-refractivity contribution in [3.05, 3.63) is 11.6 Å². The van der Waals surface area contributed by atoms with Gasteiger partial charge in [0.05, 0.1) is 0 Å². The maximum absolute atomic E-state index is 13.1. The summed E-state index contributed by atoms with van der Waals surface area (Å²) in [6.45, 7) is 6.22. The van der Waals surface area contributed by atoms with Crippen molar-refractivity contribution in [2.24, 2.45) is 5.92 Å². The topological polar surface area (TPSA) is 100 Å². The van der Waals surface area contributed by atoms with Gasteiger partial charge in [0, 0.05) is 32.6 Å². The first kappa shape index (κ1) is 18.9. The second-order valence-corrected chi connectivity index (χ2v) is 8.49. The van der Waals surface area contributed by atoms with Crippen LogP contribution in [-0.4, -0.2) is 67.6 Å². The maximum Gasteiger partial charge on any atom is 0.325 e. The zero-order valence-electron chi connectivity index (χ0n) is 16.6. The van der Waals surface area contributed by atoms with Gasteiger partial charge in [-0.05, 0) is 31.6 Å². The van der Waals surface area contributed by atoms with Gasteiger partial charge in [-0.3, -0.25) is 14.9 Å². The molecule has 0 aliphatic carbocycles. The van der Waals surface area contributed by atoms with E-state index in [9.17, 15) is 14.4 Å². The minimum Gasteiger partial charge on any atom is -0.336 e. The van der Waals surface area contributed by atoms with Crippen molar-refractivity contribution in [3.8, 4) is 0 Å². The third-order valence-electron chi connectivity index (χ3n) is 6.13. The molecule has 152 valence electrons. The van der Waals surface area contributed by atoms with Gasteiger partial charge in [0.1, 0.15) is 11.4 Å². The monoisotopic (exact) mass is 388 g/mol. The van der Waals surface area contributed by atoms with Crippen LogP contribution >= 0.6 is 0 Å². The van der Waals surface area contributed by atoms with Crippen LogP contribution in [-0.2, 0) is 17.8 Å². The summed E-state index contributed by atoms with van der Waals surface area (Å²) in [5.41, 5.74) is -0.833. The minimum absolute atomic E-state index is 0.129. The Bertz CT molecular complexity index is 794. The summed E-state index contributed by atoms with van der Waals surface area (Å²) >= 11 is 0. The molecule has 3 aliphatic heterocycles. The number of aromatic nitrogens is 3. The highest BCUT2D eigenvalue weighted by Gasteiger charge is 2.54. The van der Waals surface area contributed by atoms with Crippen LogP contribution in [0.25, 0.3) is 0 Å². The summed E-state index contributed by atoms with van der Waals surface area (Å²) in [5, 5.41) is 10.9. The number of nitrogens with zero attached hydrogens (tertiary/aromatic N) is 5. The van der Waals surface area contributed by atoms with Crippen molar-refractivity contribution in [3.63, 3.8) is 0 Å². The van der Waals surface area contributed by atoms with Crippen LogP contribution in [0.2, 0.25) is 0 Å². The van der Waals surface area contributed by atoms with E-state index in [1.165, 1.54) is 0 Å². The molecule has 28 heavy (non-hydrogen) atoms. The van der Waals surface area contributed by atoms with E-state index in [0.29, 0.717) is 38.3 Å². The molecule has 4 rings (SSSR count). The molecular formula is C19H28N6O3. The SMILES string of the molecule is CC(C)CN1C(=O)NC(=O)C12CCN(C(=O)c1nnc3n1CCCCC3)CC2. The largest absolute Gasteiger partial charge is 0.336 e. The average Bonchev–Trinajstić information content (AvgIpc) is 3.05. The fourth-order valence-corrected chi connectivity index (χ4v) is 4.58. The van der Waals surface area contributed by atoms with Crippen molar-refractivity contribution in [2.75, 3.05) is 19.6 Å². The highest BCUT2D eigenvalue weighted by atomic mass is 16.2. The van der Waals surface area contributed by atoms with Gasteiger partial charge in [-0.2, -0.15) is 0 Å². The van der Waals surface area contributed by atoms with Crippen LogP contribution in [0.1, 0.15) is 62.4 Å². The van der Waals surface area contributed by atoms with Crippen LogP contribution in [0.15, 0.2) is 0 Å². The molecule has 2 fully saturated rings. The number of hydrogen-bond acceptors (Lipinski definition) is 5. The number of urea groups is 1. The second-order valence-electron chi connectivity index (χ2n) is 8.49. The van der Waals surface area contributed by atoms with Gasteiger partial charge in [0.15, 0.2) is 0 Å². The molecule has 4 amide bonds.